The second-order valence-corrected chi connectivity index (χ2v) is 5.24. The summed E-state index contributed by atoms with van der Waals surface area (Å²) in [7, 11) is 1.75. The Morgan fingerprint density at radius 2 is 1.90 bits per heavy atom. The third-order valence-electron chi connectivity index (χ3n) is 3.36. The van der Waals surface area contributed by atoms with Crippen molar-refractivity contribution in [3.05, 3.63) is 59.7 Å². The molecule has 4 nitrogen and oxygen atoms in total. The van der Waals surface area contributed by atoms with E-state index in [2.05, 4.69) is 5.32 Å². The van der Waals surface area contributed by atoms with Gasteiger partial charge in [0.2, 0.25) is 0 Å². The minimum Gasteiger partial charge on any atom is -0.324 e. The fourth-order valence-electron chi connectivity index (χ4n) is 2.06. The zero-order valence-electron chi connectivity index (χ0n) is 12.6. The number of hydrogen-bond acceptors (Lipinski definition) is 2. The number of nitrogens with zero attached hydrogens (tertiary/aromatic N) is 1. The molecule has 21 heavy (non-hydrogen) atoms. The largest absolute Gasteiger partial charge is 0.326 e. The van der Waals surface area contributed by atoms with Crippen molar-refractivity contribution >= 4 is 17.4 Å². The van der Waals surface area contributed by atoms with Crippen molar-refractivity contribution in [3.63, 3.8) is 0 Å². The van der Waals surface area contributed by atoms with Gasteiger partial charge in [0.05, 0.1) is 0 Å². The first-order valence-corrected chi connectivity index (χ1v) is 6.94. The van der Waals surface area contributed by atoms with Crippen LogP contribution in [0.25, 0.3) is 0 Å². The van der Waals surface area contributed by atoms with Crippen LogP contribution in [-0.2, 0) is 0 Å². The van der Waals surface area contributed by atoms with E-state index in [4.69, 9.17) is 5.73 Å². The van der Waals surface area contributed by atoms with E-state index in [1.807, 2.05) is 62.4 Å². The summed E-state index contributed by atoms with van der Waals surface area (Å²) in [6, 6.07) is 15.2. The predicted molar refractivity (Wildman–Crippen MR) is 87.6 cm³/mol. The first kappa shape index (κ1) is 15.1. The molecule has 0 aliphatic carbocycles. The standard InChI is InChI=1S/C17H21N3O/c1-12-6-4-9-16(10-12)20(3)17(21)19-15-8-5-7-14(11-15)13(2)18/h4-11,13H,18H2,1-3H3,(H,19,21). The fraction of sp³-hybridized carbons (Fsp3) is 0.235. The molecule has 0 aromatic heterocycles. The summed E-state index contributed by atoms with van der Waals surface area (Å²) in [5, 5.41) is 2.89. The van der Waals surface area contributed by atoms with Crippen LogP contribution in [0.3, 0.4) is 0 Å². The van der Waals surface area contributed by atoms with E-state index in [0.29, 0.717) is 0 Å². The molecule has 0 heterocycles. The van der Waals surface area contributed by atoms with Crippen LogP contribution < -0.4 is 16.0 Å². The molecule has 0 bridgehead atoms. The number of urea groups is 1. The van der Waals surface area contributed by atoms with Gasteiger partial charge in [-0.15, -0.1) is 0 Å². The molecule has 2 aromatic rings. The maximum Gasteiger partial charge on any atom is 0.326 e. The maximum absolute atomic E-state index is 12.3. The van der Waals surface area contributed by atoms with Crippen molar-refractivity contribution in [2.45, 2.75) is 19.9 Å². The Hall–Kier alpha value is -2.33. The maximum atomic E-state index is 12.3. The van der Waals surface area contributed by atoms with Crippen LogP contribution in [0, 0.1) is 6.92 Å². The van der Waals surface area contributed by atoms with Crippen molar-refractivity contribution in [1.82, 2.24) is 0 Å². The number of benzene rings is 2. The highest BCUT2D eigenvalue weighted by Crippen LogP contribution is 2.18. The smallest absolute Gasteiger partial charge is 0.324 e. The third-order valence-corrected chi connectivity index (χ3v) is 3.36. The first-order valence-electron chi connectivity index (χ1n) is 6.94. The zero-order chi connectivity index (χ0) is 15.4. The fourth-order valence-corrected chi connectivity index (χ4v) is 2.06. The molecule has 0 saturated carbocycles. The Bertz CT molecular complexity index is 637. The molecule has 1 atom stereocenters. The molecular formula is C17H21N3O. The number of amides is 2. The van der Waals surface area contributed by atoms with Gasteiger partial charge >= 0.3 is 6.03 Å². The van der Waals surface area contributed by atoms with E-state index in [1.165, 1.54) is 0 Å². The Balaban J connectivity index is 2.12. The van der Waals surface area contributed by atoms with E-state index < -0.39 is 0 Å². The average molecular weight is 283 g/mol. The van der Waals surface area contributed by atoms with Gasteiger partial charge in [-0.2, -0.15) is 0 Å². The summed E-state index contributed by atoms with van der Waals surface area (Å²) >= 11 is 0. The van der Waals surface area contributed by atoms with Gasteiger partial charge in [0, 0.05) is 24.5 Å². The molecule has 0 fully saturated rings. The van der Waals surface area contributed by atoms with E-state index in [1.54, 1.807) is 11.9 Å². The summed E-state index contributed by atoms with van der Waals surface area (Å²) in [5.41, 5.74) is 9.57. The Morgan fingerprint density at radius 1 is 1.19 bits per heavy atom. The molecule has 2 rings (SSSR count). The van der Waals surface area contributed by atoms with E-state index >= 15 is 0 Å². The number of carbonyl (C=O) groups excluding carboxylic acids is 1. The lowest BCUT2D eigenvalue weighted by atomic mass is 10.1. The molecule has 0 spiro atoms. The highest BCUT2D eigenvalue weighted by atomic mass is 16.2. The Labute approximate surface area is 125 Å². The van der Waals surface area contributed by atoms with Gasteiger partial charge in [0.1, 0.15) is 0 Å². The average Bonchev–Trinajstić information content (AvgIpc) is 2.46. The van der Waals surface area contributed by atoms with Crippen molar-refractivity contribution in [2.24, 2.45) is 5.73 Å². The van der Waals surface area contributed by atoms with Crippen LogP contribution in [0.2, 0.25) is 0 Å². The summed E-state index contributed by atoms with van der Waals surface area (Å²) in [6.07, 6.45) is 0. The summed E-state index contributed by atoms with van der Waals surface area (Å²) in [5.74, 6) is 0. The van der Waals surface area contributed by atoms with Gasteiger partial charge < -0.3 is 11.1 Å². The minimum absolute atomic E-state index is 0.0589. The second-order valence-electron chi connectivity index (χ2n) is 5.24. The van der Waals surface area contributed by atoms with Gasteiger partial charge in [-0.25, -0.2) is 4.79 Å². The van der Waals surface area contributed by atoms with Crippen molar-refractivity contribution in [2.75, 3.05) is 17.3 Å². The minimum atomic E-state index is -0.178. The second kappa shape index (κ2) is 6.41. The van der Waals surface area contributed by atoms with Crippen LogP contribution in [0.15, 0.2) is 48.5 Å². The SMILES string of the molecule is Cc1cccc(N(C)C(=O)Nc2cccc(C(C)N)c2)c1. The summed E-state index contributed by atoms with van der Waals surface area (Å²) in [4.78, 5) is 13.9. The molecule has 0 radical (unpaired) electrons. The van der Waals surface area contributed by atoms with Gasteiger partial charge in [-0.1, -0.05) is 24.3 Å². The quantitative estimate of drug-likeness (QED) is 0.902. The van der Waals surface area contributed by atoms with Crippen LogP contribution in [-0.4, -0.2) is 13.1 Å². The van der Waals surface area contributed by atoms with Crippen LogP contribution >= 0.6 is 0 Å². The van der Waals surface area contributed by atoms with Crippen molar-refractivity contribution < 1.29 is 4.79 Å². The molecule has 0 saturated heterocycles. The number of nitrogens with one attached hydrogen (secondary N) is 1. The number of carbonyl (C=O) groups is 1. The Morgan fingerprint density at radius 3 is 2.57 bits per heavy atom. The van der Waals surface area contributed by atoms with Gasteiger partial charge in [0.15, 0.2) is 0 Å². The number of anilines is 2. The number of aryl methyl sites for hydroxylation is 1. The molecule has 1 unspecified atom stereocenters. The van der Waals surface area contributed by atoms with Crippen molar-refractivity contribution in [1.29, 1.82) is 0 Å². The molecule has 0 aliphatic heterocycles. The molecule has 3 N–H and O–H groups in total. The van der Waals surface area contributed by atoms with Gasteiger partial charge in [-0.3, -0.25) is 4.90 Å². The summed E-state index contributed by atoms with van der Waals surface area (Å²) in [6.45, 7) is 3.92. The highest BCUT2D eigenvalue weighted by molar-refractivity contribution is 6.01. The van der Waals surface area contributed by atoms with E-state index in [0.717, 1.165) is 22.5 Å². The summed E-state index contributed by atoms with van der Waals surface area (Å²) < 4.78 is 0. The molecule has 2 amide bonds. The zero-order valence-corrected chi connectivity index (χ0v) is 12.6. The normalized spacial score (nSPS) is 11.8. The first-order chi connectivity index (χ1) is 9.97. The lowest BCUT2D eigenvalue weighted by molar-refractivity contribution is 0.258. The molecule has 4 heteroatoms. The molecule has 0 aliphatic rings. The molecular weight excluding hydrogens is 262 g/mol. The lowest BCUT2D eigenvalue weighted by Crippen LogP contribution is -2.31. The van der Waals surface area contributed by atoms with Crippen molar-refractivity contribution in [3.8, 4) is 0 Å². The number of hydrogen-bond donors (Lipinski definition) is 2. The molecule has 110 valence electrons. The lowest BCUT2D eigenvalue weighted by Gasteiger charge is -2.19. The third kappa shape index (κ3) is 3.83. The predicted octanol–water partition coefficient (Wildman–Crippen LogP) is 3.68. The van der Waals surface area contributed by atoms with E-state index in [9.17, 15) is 4.79 Å². The topological polar surface area (TPSA) is 58.4 Å². The van der Waals surface area contributed by atoms with Crippen LogP contribution in [0.5, 0.6) is 0 Å². The molecule has 2 aromatic carbocycles. The number of rotatable bonds is 3. The van der Waals surface area contributed by atoms with Crippen LogP contribution in [0.1, 0.15) is 24.1 Å². The highest BCUT2D eigenvalue weighted by Gasteiger charge is 2.11. The van der Waals surface area contributed by atoms with Gasteiger partial charge in [-0.05, 0) is 49.2 Å². The Kier molecular flexibility index (Phi) is 4.60. The van der Waals surface area contributed by atoms with Gasteiger partial charge in [0.25, 0.3) is 0 Å². The van der Waals surface area contributed by atoms with E-state index in [-0.39, 0.29) is 12.1 Å². The monoisotopic (exact) mass is 283 g/mol. The van der Waals surface area contributed by atoms with Crippen LogP contribution in [0.4, 0.5) is 16.2 Å². The number of nitrogens with two attached hydrogens (primary N) is 1.